The molecule has 202 valence electrons. The van der Waals surface area contributed by atoms with Crippen molar-refractivity contribution in [2.75, 3.05) is 17.3 Å². The van der Waals surface area contributed by atoms with Crippen LogP contribution in [0, 0.1) is 5.92 Å². The summed E-state index contributed by atoms with van der Waals surface area (Å²) in [6, 6.07) is 22.8. The fourth-order valence-corrected chi connectivity index (χ4v) is 8.04. The molecule has 0 spiro atoms. The van der Waals surface area contributed by atoms with E-state index in [4.69, 9.17) is 16.3 Å². The number of hydrogen-bond donors (Lipinski definition) is 1. The quantitative estimate of drug-likeness (QED) is 0.317. The summed E-state index contributed by atoms with van der Waals surface area (Å²) in [6.45, 7) is -0.220. The van der Waals surface area contributed by atoms with Gasteiger partial charge in [-0.1, -0.05) is 65.0 Å². The summed E-state index contributed by atoms with van der Waals surface area (Å²) < 4.78 is 6.71. The van der Waals surface area contributed by atoms with Crippen LogP contribution in [-0.2, 0) is 20.9 Å². The zero-order valence-corrected chi connectivity index (χ0v) is 23.5. The number of rotatable bonds is 6. The summed E-state index contributed by atoms with van der Waals surface area (Å²) in [7, 11) is 1.57. The molecule has 0 bridgehead atoms. The lowest BCUT2D eigenvalue weighted by molar-refractivity contribution is -0.122. The Labute approximate surface area is 242 Å². The number of amides is 3. The van der Waals surface area contributed by atoms with Crippen molar-refractivity contribution in [3.63, 3.8) is 0 Å². The highest BCUT2D eigenvalue weighted by Gasteiger charge is 2.56. The van der Waals surface area contributed by atoms with Crippen molar-refractivity contribution >= 4 is 63.8 Å². The average Bonchev–Trinajstić information content (AvgIpc) is 3.40. The van der Waals surface area contributed by atoms with Crippen LogP contribution < -0.4 is 19.8 Å². The van der Waals surface area contributed by atoms with Gasteiger partial charge in [-0.2, -0.15) is 0 Å². The first-order valence-electron chi connectivity index (χ1n) is 12.4. The summed E-state index contributed by atoms with van der Waals surface area (Å²) in [4.78, 5) is 55.4. The van der Waals surface area contributed by atoms with Crippen LogP contribution in [0.4, 0.5) is 11.4 Å². The number of hydrogen-bond acceptors (Lipinski definition) is 7. The first-order chi connectivity index (χ1) is 19.4. The summed E-state index contributed by atoms with van der Waals surface area (Å²) in [5.41, 5.74) is 1.83. The van der Waals surface area contributed by atoms with Crippen LogP contribution in [-0.4, -0.2) is 34.6 Å². The number of imide groups is 1. The van der Waals surface area contributed by atoms with E-state index < -0.39 is 17.1 Å². The third kappa shape index (κ3) is 4.61. The van der Waals surface area contributed by atoms with Gasteiger partial charge >= 0.3 is 4.87 Å². The molecule has 2 unspecified atom stereocenters. The molecule has 11 heteroatoms. The van der Waals surface area contributed by atoms with E-state index in [1.807, 2.05) is 18.2 Å². The van der Waals surface area contributed by atoms with Gasteiger partial charge in [-0.15, -0.1) is 0 Å². The van der Waals surface area contributed by atoms with Gasteiger partial charge in [-0.3, -0.25) is 23.7 Å². The minimum Gasteiger partial charge on any atom is -0.497 e. The Bertz CT molecular complexity index is 1670. The van der Waals surface area contributed by atoms with Gasteiger partial charge in [-0.25, -0.2) is 4.90 Å². The Hall–Kier alpha value is -3.86. The van der Waals surface area contributed by atoms with Crippen molar-refractivity contribution in [1.29, 1.82) is 0 Å². The van der Waals surface area contributed by atoms with E-state index in [9.17, 15) is 19.2 Å². The number of nitrogens with one attached hydrogen (secondary N) is 1. The second kappa shape index (κ2) is 10.6. The van der Waals surface area contributed by atoms with Gasteiger partial charge < -0.3 is 10.1 Å². The molecule has 0 radical (unpaired) electrons. The molecular formula is C29H22ClN3O5S2. The third-order valence-corrected chi connectivity index (χ3v) is 9.82. The Morgan fingerprint density at radius 2 is 1.65 bits per heavy atom. The molecule has 2 aliphatic heterocycles. The Kier molecular flexibility index (Phi) is 6.99. The number of carbonyl (C=O) groups excluding carboxylic acids is 3. The lowest BCUT2D eigenvalue weighted by Gasteiger charge is -2.30. The maximum absolute atomic E-state index is 13.9. The molecule has 3 heterocycles. The van der Waals surface area contributed by atoms with Crippen LogP contribution in [0.25, 0.3) is 0 Å². The molecule has 1 saturated heterocycles. The van der Waals surface area contributed by atoms with E-state index in [-0.39, 0.29) is 29.1 Å². The van der Waals surface area contributed by atoms with Crippen LogP contribution in [0.15, 0.2) is 88.7 Å². The van der Waals surface area contributed by atoms with Gasteiger partial charge in [-0.05, 0) is 54.1 Å². The maximum Gasteiger partial charge on any atom is 0.308 e. The van der Waals surface area contributed by atoms with Crippen LogP contribution in [0.5, 0.6) is 5.75 Å². The average molecular weight is 592 g/mol. The molecule has 8 nitrogen and oxygen atoms in total. The smallest absolute Gasteiger partial charge is 0.308 e. The van der Waals surface area contributed by atoms with E-state index >= 15 is 0 Å². The lowest BCUT2D eigenvalue weighted by Crippen LogP contribution is -2.33. The van der Waals surface area contributed by atoms with Crippen molar-refractivity contribution in [2.24, 2.45) is 5.92 Å². The number of carbonyl (C=O) groups is 3. The number of thioether (sulfide) groups is 1. The Balaban J connectivity index is 1.42. The minimum atomic E-state index is -0.778. The first kappa shape index (κ1) is 26.4. The molecule has 1 aromatic heterocycles. The molecule has 4 aromatic rings. The maximum atomic E-state index is 13.9. The van der Waals surface area contributed by atoms with Crippen molar-refractivity contribution in [3.8, 4) is 5.75 Å². The lowest BCUT2D eigenvalue weighted by atomic mass is 9.83. The van der Waals surface area contributed by atoms with Gasteiger partial charge in [0.2, 0.25) is 17.7 Å². The van der Waals surface area contributed by atoms with E-state index in [2.05, 4.69) is 5.32 Å². The second-order valence-electron chi connectivity index (χ2n) is 9.34. The number of para-hydroxylation sites is 1. The topological polar surface area (TPSA) is 97.7 Å². The number of ether oxygens (including phenoxy) is 1. The number of benzene rings is 3. The number of methoxy groups -OCH3 is 1. The summed E-state index contributed by atoms with van der Waals surface area (Å²) in [5, 5.41) is 3.05. The van der Waals surface area contributed by atoms with Gasteiger partial charge in [0.15, 0.2) is 0 Å². The Morgan fingerprint density at radius 1 is 0.950 bits per heavy atom. The van der Waals surface area contributed by atoms with Crippen LogP contribution >= 0.6 is 34.7 Å². The Morgan fingerprint density at radius 3 is 2.33 bits per heavy atom. The SMILES string of the molecule is COc1ccc([C@H]2c3sc(=O)n(CC(=O)Nc4ccccc4)c3SC3C(=O)N(c4ccc(Cl)cc4)C(=O)C32)cc1. The van der Waals surface area contributed by atoms with Crippen LogP contribution in [0.2, 0.25) is 5.02 Å². The van der Waals surface area contributed by atoms with Crippen molar-refractivity contribution in [2.45, 2.75) is 22.7 Å². The van der Waals surface area contributed by atoms with Gasteiger partial charge in [0, 0.05) is 21.5 Å². The van der Waals surface area contributed by atoms with Gasteiger partial charge in [0.1, 0.15) is 17.5 Å². The third-order valence-electron chi connectivity index (χ3n) is 6.97. The molecule has 3 atom stereocenters. The molecule has 2 aliphatic rings. The molecule has 1 N–H and O–H groups in total. The molecule has 0 aliphatic carbocycles. The molecule has 40 heavy (non-hydrogen) atoms. The predicted octanol–water partition coefficient (Wildman–Crippen LogP) is 5.01. The largest absolute Gasteiger partial charge is 0.497 e. The predicted molar refractivity (Wildman–Crippen MR) is 156 cm³/mol. The zero-order valence-electron chi connectivity index (χ0n) is 21.1. The van der Waals surface area contributed by atoms with Crippen LogP contribution in [0.3, 0.4) is 0 Å². The number of fused-ring (bicyclic) bond motifs is 2. The molecule has 1 fully saturated rings. The summed E-state index contributed by atoms with van der Waals surface area (Å²) in [5.74, 6) is -1.73. The van der Waals surface area contributed by atoms with E-state index in [0.29, 0.717) is 32.1 Å². The molecular weight excluding hydrogens is 570 g/mol. The van der Waals surface area contributed by atoms with E-state index in [1.165, 1.54) is 21.2 Å². The van der Waals surface area contributed by atoms with Crippen molar-refractivity contribution in [3.05, 3.63) is 104 Å². The van der Waals surface area contributed by atoms with Gasteiger partial charge in [0.05, 0.1) is 23.7 Å². The number of anilines is 2. The fraction of sp³-hybridized carbons (Fsp3) is 0.172. The molecule has 3 aromatic carbocycles. The number of nitrogens with zero attached hydrogens (tertiary/aromatic N) is 2. The van der Waals surface area contributed by atoms with E-state index in [0.717, 1.165) is 16.9 Å². The van der Waals surface area contributed by atoms with E-state index in [1.54, 1.807) is 67.8 Å². The highest BCUT2D eigenvalue weighted by Crippen LogP contribution is 2.54. The fourth-order valence-electron chi connectivity index (χ4n) is 5.14. The molecule has 0 saturated carbocycles. The number of aromatic nitrogens is 1. The highest BCUT2D eigenvalue weighted by molar-refractivity contribution is 8.00. The normalized spacial score (nSPS) is 19.8. The molecule has 3 amide bonds. The van der Waals surface area contributed by atoms with Crippen molar-refractivity contribution in [1.82, 2.24) is 4.57 Å². The minimum absolute atomic E-state index is 0.220. The zero-order chi connectivity index (χ0) is 28.0. The first-order valence-corrected chi connectivity index (χ1v) is 14.5. The summed E-state index contributed by atoms with van der Waals surface area (Å²) >= 11 is 8.22. The summed E-state index contributed by atoms with van der Waals surface area (Å²) in [6.07, 6.45) is 0. The second-order valence-corrected chi connectivity index (χ2v) is 11.9. The van der Waals surface area contributed by atoms with Crippen molar-refractivity contribution < 1.29 is 19.1 Å². The highest BCUT2D eigenvalue weighted by atomic mass is 35.5. The monoisotopic (exact) mass is 591 g/mol. The number of thiazole rings is 1. The molecule has 6 rings (SSSR count). The van der Waals surface area contributed by atoms with Crippen LogP contribution in [0.1, 0.15) is 16.4 Å². The standard InChI is InChI=1S/C29H22ClN3O5S2/c1-38-20-13-7-16(8-14-20)22-23-24(27(36)33(26(23)35)19-11-9-17(30)10-12-19)39-28-25(22)40-29(37)32(28)15-21(34)31-18-5-3-2-4-6-18/h2-14,22-24H,15H2,1H3,(H,31,34)/t22-,23?,24?/m1/s1. The van der Waals surface area contributed by atoms with Gasteiger partial charge in [0.25, 0.3) is 0 Å². The number of halogens is 1.